The van der Waals surface area contributed by atoms with Crippen molar-refractivity contribution >= 4 is 10.0 Å². The molecule has 0 aliphatic rings. The molecule has 1 atom stereocenters. The summed E-state index contributed by atoms with van der Waals surface area (Å²) in [6.07, 6.45) is 1.98. The first-order valence-corrected chi connectivity index (χ1v) is 8.33. The molecule has 0 saturated carbocycles. The normalized spacial score (nSPS) is 13.4. The summed E-state index contributed by atoms with van der Waals surface area (Å²) >= 11 is 0. The van der Waals surface area contributed by atoms with Crippen LogP contribution in [0.3, 0.4) is 0 Å². The van der Waals surface area contributed by atoms with E-state index in [-0.39, 0.29) is 0 Å². The largest absolute Gasteiger partial charge is 0.314 e. The lowest BCUT2D eigenvalue weighted by atomic mass is 10.0. The van der Waals surface area contributed by atoms with Crippen LogP contribution < -0.4 is 10.0 Å². The lowest BCUT2D eigenvalue weighted by Gasteiger charge is -2.15. The molecule has 1 rings (SSSR count). The third-order valence-electron chi connectivity index (χ3n) is 3.04. The molecule has 19 heavy (non-hydrogen) atoms. The number of hydrogen-bond donors (Lipinski definition) is 2. The molecular formula is C14H24N2O2S. The fraction of sp³-hybridized carbons (Fsp3) is 0.571. The van der Waals surface area contributed by atoms with Gasteiger partial charge in [0.2, 0.25) is 10.0 Å². The quantitative estimate of drug-likeness (QED) is 0.767. The maximum atomic E-state index is 11.8. The average Bonchev–Trinajstić information content (AvgIpc) is 2.39. The van der Waals surface area contributed by atoms with Gasteiger partial charge in [0.25, 0.3) is 0 Å². The number of likely N-dealkylation sites (N-methyl/N-ethyl adjacent to an activating group) is 1. The minimum absolute atomic E-state index is 0.328. The van der Waals surface area contributed by atoms with Crippen molar-refractivity contribution in [2.45, 2.75) is 44.6 Å². The van der Waals surface area contributed by atoms with Crippen LogP contribution >= 0.6 is 0 Å². The first kappa shape index (κ1) is 16.1. The van der Waals surface area contributed by atoms with Crippen molar-refractivity contribution in [3.05, 3.63) is 29.8 Å². The van der Waals surface area contributed by atoms with Crippen molar-refractivity contribution in [1.82, 2.24) is 10.0 Å². The highest BCUT2D eigenvalue weighted by molar-refractivity contribution is 7.89. The number of nitrogens with one attached hydrogen (secondary N) is 2. The zero-order valence-electron chi connectivity index (χ0n) is 11.9. The smallest absolute Gasteiger partial charge is 0.240 e. The summed E-state index contributed by atoms with van der Waals surface area (Å²) in [5.74, 6) is 0. The average molecular weight is 284 g/mol. The molecule has 5 heteroatoms. The second-order valence-electron chi connectivity index (χ2n) is 4.51. The Kier molecular flexibility index (Phi) is 6.48. The Morgan fingerprint density at radius 2 is 1.68 bits per heavy atom. The lowest BCUT2D eigenvalue weighted by molar-refractivity contribution is 0.510. The van der Waals surface area contributed by atoms with E-state index in [1.165, 1.54) is 0 Å². The van der Waals surface area contributed by atoms with Crippen molar-refractivity contribution in [3.8, 4) is 0 Å². The molecule has 0 bridgehead atoms. The fourth-order valence-electron chi connectivity index (χ4n) is 2.01. The fourth-order valence-corrected chi connectivity index (χ4v) is 3.05. The van der Waals surface area contributed by atoms with Gasteiger partial charge in [0, 0.05) is 12.6 Å². The highest BCUT2D eigenvalue weighted by Crippen LogP contribution is 2.12. The molecule has 0 saturated heterocycles. The zero-order valence-corrected chi connectivity index (χ0v) is 12.8. The van der Waals surface area contributed by atoms with Gasteiger partial charge in [0.15, 0.2) is 0 Å². The van der Waals surface area contributed by atoms with E-state index in [2.05, 4.69) is 23.9 Å². The summed E-state index contributed by atoms with van der Waals surface area (Å²) in [7, 11) is -3.34. The van der Waals surface area contributed by atoms with E-state index in [1.54, 1.807) is 19.1 Å². The molecule has 1 aromatic rings. The molecule has 108 valence electrons. The summed E-state index contributed by atoms with van der Waals surface area (Å²) in [5.41, 5.74) is 1.16. The van der Waals surface area contributed by atoms with Crippen LogP contribution in [0.1, 0.15) is 32.8 Å². The van der Waals surface area contributed by atoms with Crippen LogP contribution in [0, 0.1) is 0 Å². The molecular weight excluding hydrogens is 260 g/mol. The van der Waals surface area contributed by atoms with E-state index in [0.717, 1.165) is 24.9 Å². The van der Waals surface area contributed by atoms with Gasteiger partial charge in [-0.25, -0.2) is 13.1 Å². The molecule has 0 fully saturated rings. The number of rotatable bonds is 8. The van der Waals surface area contributed by atoms with Crippen molar-refractivity contribution in [2.24, 2.45) is 0 Å². The Morgan fingerprint density at radius 3 is 2.16 bits per heavy atom. The van der Waals surface area contributed by atoms with E-state index >= 15 is 0 Å². The molecule has 0 heterocycles. The summed E-state index contributed by atoms with van der Waals surface area (Å²) in [5, 5.41) is 3.42. The minimum Gasteiger partial charge on any atom is -0.314 e. The molecule has 2 N–H and O–H groups in total. The predicted molar refractivity (Wildman–Crippen MR) is 78.8 cm³/mol. The summed E-state index contributed by atoms with van der Waals surface area (Å²) in [4.78, 5) is 0.328. The van der Waals surface area contributed by atoms with E-state index in [9.17, 15) is 8.42 Å². The topological polar surface area (TPSA) is 58.2 Å². The monoisotopic (exact) mass is 284 g/mol. The molecule has 0 radical (unpaired) electrons. The number of sulfonamides is 1. The summed E-state index contributed by atoms with van der Waals surface area (Å²) in [6, 6.07) is 7.58. The Morgan fingerprint density at radius 1 is 1.05 bits per heavy atom. The van der Waals surface area contributed by atoms with E-state index in [0.29, 0.717) is 17.5 Å². The molecule has 0 spiro atoms. The van der Waals surface area contributed by atoms with Crippen molar-refractivity contribution in [1.29, 1.82) is 0 Å². The van der Waals surface area contributed by atoms with Crippen LogP contribution in [0.5, 0.6) is 0 Å². The first-order chi connectivity index (χ1) is 9.03. The van der Waals surface area contributed by atoms with Crippen LogP contribution in [-0.4, -0.2) is 27.5 Å². The molecule has 4 nitrogen and oxygen atoms in total. The van der Waals surface area contributed by atoms with Crippen LogP contribution in [0.15, 0.2) is 29.2 Å². The molecule has 1 unspecified atom stereocenters. The minimum atomic E-state index is -3.34. The van der Waals surface area contributed by atoms with E-state index < -0.39 is 10.0 Å². The third-order valence-corrected chi connectivity index (χ3v) is 4.60. The van der Waals surface area contributed by atoms with Gasteiger partial charge in [-0.1, -0.05) is 32.9 Å². The molecule has 0 amide bonds. The summed E-state index contributed by atoms with van der Waals surface area (Å²) < 4.78 is 26.1. The standard InChI is InChI=1S/C14H24N2O2S/c1-4-13(15-5-2)11-12-7-9-14(10-8-12)19(17,18)16-6-3/h7-10,13,15-16H,4-6,11H2,1-3H3. The van der Waals surface area contributed by atoms with Crippen LogP contribution in [0.4, 0.5) is 0 Å². The van der Waals surface area contributed by atoms with Crippen LogP contribution in [-0.2, 0) is 16.4 Å². The van der Waals surface area contributed by atoms with Crippen LogP contribution in [0.25, 0.3) is 0 Å². The maximum Gasteiger partial charge on any atom is 0.240 e. The molecule has 1 aromatic carbocycles. The maximum absolute atomic E-state index is 11.8. The highest BCUT2D eigenvalue weighted by atomic mass is 32.2. The number of benzene rings is 1. The second kappa shape index (κ2) is 7.62. The summed E-state index contributed by atoms with van der Waals surface area (Å²) in [6.45, 7) is 7.37. The lowest BCUT2D eigenvalue weighted by Crippen LogP contribution is -2.30. The van der Waals surface area contributed by atoms with Gasteiger partial charge in [-0.15, -0.1) is 0 Å². The SMILES string of the molecule is CCNC(CC)Cc1ccc(S(=O)(=O)NCC)cc1. The Balaban J connectivity index is 2.76. The number of hydrogen-bond acceptors (Lipinski definition) is 3. The molecule has 0 aliphatic heterocycles. The van der Waals surface area contributed by atoms with Gasteiger partial charge >= 0.3 is 0 Å². The first-order valence-electron chi connectivity index (χ1n) is 6.85. The molecule has 0 aliphatic carbocycles. The van der Waals surface area contributed by atoms with E-state index in [1.807, 2.05) is 12.1 Å². The van der Waals surface area contributed by atoms with Gasteiger partial charge in [-0.3, -0.25) is 0 Å². The Hall–Kier alpha value is -0.910. The van der Waals surface area contributed by atoms with Gasteiger partial charge in [0.1, 0.15) is 0 Å². The highest BCUT2D eigenvalue weighted by Gasteiger charge is 2.12. The third kappa shape index (κ3) is 4.93. The van der Waals surface area contributed by atoms with E-state index in [4.69, 9.17) is 0 Å². The second-order valence-corrected chi connectivity index (χ2v) is 6.28. The zero-order chi connectivity index (χ0) is 14.3. The van der Waals surface area contributed by atoms with Crippen molar-refractivity contribution < 1.29 is 8.42 Å². The van der Waals surface area contributed by atoms with Gasteiger partial charge in [-0.05, 0) is 37.1 Å². The predicted octanol–water partition coefficient (Wildman–Crippen LogP) is 1.92. The molecule has 0 aromatic heterocycles. The van der Waals surface area contributed by atoms with Crippen LogP contribution in [0.2, 0.25) is 0 Å². The Bertz CT molecular complexity index is 469. The van der Waals surface area contributed by atoms with Crippen molar-refractivity contribution in [3.63, 3.8) is 0 Å². The van der Waals surface area contributed by atoms with Gasteiger partial charge < -0.3 is 5.32 Å². The van der Waals surface area contributed by atoms with Crippen molar-refractivity contribution in [2.75, 3.05) is 13.1 Å². The Labute approximate surface area is 116 Å². The van der Waals surface area contributed by atoms with Gasteiger partial charge in [-0.2, -0.15) is 0 Å². The van der Waals surface area contributed by atoms with Gasteiger partial charge in [0.05, 0.1) is 4.90 Å².